The molecule has 2 heterocycles. The molecule has 2 aromatic heterocycles. The maximum atomic E-state index is 13.3. The van der Waals surface area contributed by atoms with Gasteiger partial charge in [0.05, 0.1) is 10.4 Å². The minimum atomic E-state index is -0.315. The maximum absolute atomic E-state index is 13.3. The first kappa shape index (κ1) is 11.0. The SMILES string of the molecule is Nc1noc(-c2cccs2)c1-c1cccc(F)c1. The fourth-order valence-electron chi connectivity index (χ4n) is 1.80. The van der Waals surface area contributed by atoms with Crippen LogP contribution in [-0.4, -0.2) is 5.16 Å². The van der Waals surface area contributed by atoms with Gasteiger partial charge in [-0.25, -0.2) is 4.39 Å². The third-order valence-electron chi connectivity index (χ3n) is 2.58. The zero-order valence-corrected chi connectivity index (χ0v) is 10.1. The van der Waals surface area contributed by atoms with Crippen LogP contribution in [0.25, 0.3) is 21.8 Å². The Labute approximate surface area is 107 Å². The Bertz CT molecular complexity index is 676. The average molecular weight is 260 g/mol. The second-order valence-corrected chi connectivity index (χ2v) is 4.71. The van der Waals surface area contributed by atoms with E-state index in [1.165, 1.54) is 23.5 Å². The van der Waals surface area contributed by atoms with Gasteiger partial charge in [-0.05, 0) is 29.1 Å². The number of hydrogen-bond acceptors (Lipinski definition) is 4. The summed E-state index contributed by atoms with van der Waals surface area (Å²) in [5.41, 5.74) is 7.11. The third-order valence-corrected chi connectivity index (χ3v) is 3.45. The van der Waals surface area contributed by atoms with Crippen LogP contribution in [-0.2, 0) is 0 Å². The van der Waals surface area contributed by atoms with E-state index in [0.717, 1.165) is 4.88 Å². The summed E-state index contributed by atoms with van der Waals surface area (Å²) in [5.74, 6) is 0.530. The zero-order chi connectivity index (χ0) is 12.5. The Morgan fingerprint density at radius 2 is 2.11 bits per heavy atom. The quantitative estimate of drug-likeness (QED) is 0.762. The number of rotatable bonds is 2. The van der Waals surface area contributed by atoms with Gasteiger partial charge in [0.15, 0.2) is 11.6 Å². The Kier molecular flexibility index (Phi) is 2.60. The Balaban J connectivity index is 2.20. The van der Waals surface area contributed by atoms with Crippen molar-refractivity contribution in [3.05, 3.63) is 47.6 Å². The molecule has 0 saturated heterocycles. The number of nitrogens with two attached hydrogens (primary N) is 1. The van der Waals surface area contributed by atoms with Gasteiger partial charge in [-0.15, -0.1) is 11.3 Å². The van der Waals surface area contributed by atoms with Crippen molar-refractivity contribution >= 4 is 17.2 Å². The highest BCUT2D eigenvalue weighted by Crippen LogP contribution is 2.38. The minimum Gasteiger partial charge on any atom is -0.380 e. The molecule has 5 heteroatoms. The first-order valence-electron chi connectivity index (χ1n) is 5.30. The highest BCUT2D eigenvalue weighted by atomic mass is 32.1. The van der Waals surface area contributed by atoms with Crippen LogP contribution in [0.2, 0.25) is 0 Å². The standard InChI is InChI=1S/C13H9FN2OS/c14-9-4-1-3-8(7-9)11-12(17-16-13(11)15)10-5-2-6-18-10/h1-7H,(H2,15,16). The topological polar surface area (TPSA) is 52.0 Å². The highest BCUT2D eigenvalue weighted by molar-refractivity contribution is 7.13. The van der Waals surface area contributed by atoms with E-state index in [1.54, 1.807) is 12.1 Å². The first-order valence-corrected chi connectivity index (χ1v) is 6.18. The minimum absolute atomic E-state index is 0.268. The molecule has 0 fully saturated rings. The second-order valence-electron chi connectivity index (χ2n) is 3.76. The monoisotopic (exact) mass is 260 g/mol. The van der Waals surface area contributed by atoms with E-state index in [0.29, 0.717) is 16.9 Å². The van der Waals surface area contributed by atoms with Crippen LogP contribution in [0.1, 0.15) is 0 Å². The van der Waals surface area contributed by atoms with Gasteiger partial charge in [0, 0.05) is 0 Å². The third kappa shape index (κ3) is 1.78. The predicted molar refractivity (Wildman–Crippen MR) is 69.6 cm³/mol. The lowest BCUT2D eigenvalue weighted by molar-refractivity contribution is 0.437. The number of anilines is 1. The molecular formula is C13H9FN2OS. The van der Waals surface area contributed by atoms with Crippen LogP contribution in [0.3, 0.4) is 0 Å². The van der Waals surface area contributed by atoms with Crippen molar-refractivity contribution in [2.24, 2.45) is 0 Å². The summed E-state index contributed by atoms with van der Waals surface area (Å²) < 4.78 is 18.5. The van der Waals surface area contributed by atoms with Crippen LogP contribution in [0, 0.1) is 5.82 Å². The van der Waals surface area contributed by atoms with Crippen molar-refractivity contribution in [1.29, 1.82) is 0 Å². The molecule has 0 amide bonds. The van der Waals surface area contributed by atoms with Crippen molar-refractivity contribution in [1.82, 2.24) is 5.16 Å². The molecule has 18 heavy (non-hydrogen) atoms. The molecule has 0 bridgehead atoms. The van der Waals surface area contributed by atoms with Gasteiger partial charge in [-0.3, -0.25) is 0 Å². The van der Waals surface area contributed by atoms with E-state index in [-0.39, 0.29) is 11.6 Å². The van der Waals surface area contributed by atoms with Gasteiger partial charge in [-0.1, -0.05) is 23.4 Å². The average Bonchev–Trinajstić information content (AvgIpc) is 2.97. The summed E-state index contributed by atoms with van der Waals surface area (Å²) in [6.07, 6.45) is 0. The Morgan fingerprint density at radius 3 is 2.83 bits per heavy atom. The molecule has 0 aliphatic carbocycles. The van der Waals surface area contributed by atoms with Gasteiger partial charge in [-0.2, -0.15) is 0 Å². The molecule has 0 atom stereocenters. The molecule has 3 nitrogen and oxygen atoms in total. The van der Waals surface area contributed by atoms with E-state index >= 15 is 0 Å². The van der Waals surface area contributed by atoms with Crippen molar-refractivity contribution in [2.45, 2.75) is 0 Å². The lowest BCUT2D eigenvalue weighted by Crippen LogP contribution is -1.88. The molecule has 0 aliphatic rings. The lowest BCUT2D eigenvalue weighted by Gasteiger charge is -2.01. The second kappa shape index (κ2) is 4.27. The van der Waals surface area contributed by atoms with Crippen LogP contribution < -0.4 is 5.73 Å². The predicted octanol–water partition coefficient (Wildman–Crippen LogP) is 3.79. The largest absolute Gasteiger partial charge is 0.380 e. The number of aromatic nitrogens is 1. The fourth-order valence-corrected chi connectivity index (χ4v) is 2.51. The van der Waals surface area contributed by atoms with Crippen LogP contribution in [0.15, 0.2) is 46.3 Å². The van der Waals surface area contributed by atoms with E-state index in [9.17, 15) is 4.39 Å². The lowest BCUT2D eigenvalue weighted by atomic mass is 10.1. The summed E-state index contributed by atoms with van der Waals surface area (Å²) in [5, 5.41) is 5.70. The van der Waals surface area contributed by atoms with E-state index in [4.69, 9.17) is 10.3 Å². The van der Waals surface area contributed by atoms with E-state index < -0.39 is 0 Å². The van der Waals surface area contributed by atoms with Gasteiger partial charge in [0.2, 0.25) is 0 Å². The molecule has 3 rings (SSSR count). The molecule has 0 saturated carbocycles. The Hall–Kier alpha value is -2.14. The van der Waals surface area contributed by atoms with Gasteiger partial charge < -0.3 is 10.3 Å². The molecular weight excluding hydrogens is 251 g/mol. The van der Waals surface area contributed by atoms with Crippen LogP contribution in [0.4, 0.5) is 10.2 Å². The Morgan fingerprint density at radius 1 is 1.22 bits per heavy atom. The normalized spacial score (nSPS) is 10.7. The number of halogens is 1. The van der Waals surface area contributed by atoms with Crippen LogP contribution >= 0.6 is 11.3 Å². The number of nitrogens with zero attached hydrogens (tertiary/aromatic N) is 1. The van der Waals surface area contributed by atoms with Crippen molar-refractivity contribution in [3.63, 3.8) is 0 Å². The zero-order valence-electron chi connectivity index (χ0n) is 9.26. The van der Waals surface area contributed by atoms with Crippen LogP contribution in [0.5, 0.6) is 0 Å². The van der Waals surface area contributed by atoms with E-state index in [2.05, 4.69) is 5.16 Å². The van der Waals surface area contributed by atoms with Crippen molar-refractivity contribution in [2.75, 3.05) is 5.73 Å². The summed E-state index contributed by atoms with van der Waals surface area (Å²) in [6, 6.07) is 10.0. The number of thiophene rings is 1. The summed E-state index contributed by atoms with van der Waals surface area (Å²) in [7, 11) is 0. The maximum Gasteiger partial charge on any atom is 0.186 e. The van der Waals surface area contributed by atoms with Crippen molar-refractivity contribution < 1.29 is 8.91 Å². The molecule has 1 aromatic carbocycles. The number of nitrogen functional groups attached to an aromatic ring is 1. The van der Waals surface area contributed by atoms with Crippen molar-refractivity contribution in [3.8, 4) is 21.8 Å². The van der Waals surface area contributed by atoms with E-state index in [1.807, 2.05) is 17.5 Å². The number of benzene rings is 1. The first-order chi connectivity index (χ1) is 8.75. The molecule has 2 N–H and O–H groups in total. The summed E-state index contributed by atoms with van der Waals surface area (Å²) in [6.45, 7) is 0. The molecule has 0 aliphatic heterocycles. The molecule has 0 unspecified atom stereocenters. The molecule has 90 valence electrons. The summed E-state index contributed by atoms with van der Waals surface area (Å²) in [4.78, 5) is 0.915. The molecule has 3 aromatic rings. The molecule has 0 spiro atoms. The molecule has 0 radical (unpaired) electrons. The van der Waals surface area contributed by atoms with Gasteiger partial charge in [0.25, 0.3) is 0 Å². The fraction of sp³-hybridized carbons (Fsp3) is 0. The highest BCUT2D eigenvalue weighted by Gasteiger charge is 2.18. The summed E-state index contributed by atoms with van der Waals surface area (Å²) >= 11 is 1.52. The van der Waals surface area contributed by atoms with Gasteiger partial charge >= 0.3 is 0 Å². The smallest absolute Gasteiger partial charge is 0.186 e. The number of hydrogen-bond donors (Lipinski definition) is 1. The van der Waals surface area contributed by atoms with Gasteiger partial charge in [0.1, 0.15) is 5.82 Å².